The number of nitrogens with one attached hydrogen (secondary N) is 1. The van der Waals surface area contributed by atoms with Gasteiger partial charge in [-0.2, -0.15) is 0 Å². The zero-order valence-electron chi connectivity index (χ0n) is 16.8. The Morgan fingerprint density at radius 2 is 1.62 bits per heavy atom. The van der Waals surface area contributed by atoms with Crippen LogP contribution in [0.5, 0.6) is 5.75 Å². The fourth-order valence-corrected chi connectivity index (χ4v) is 2.97. The van der Waals surface area contributed by atoms with E-state index in [0.29, 0.717) is 5.92 Å². The van der Waals surface area contributed by atoms with Gasteiger partial charge < -0.3 is 10.1 Å². The van der Waals surface area contributed by atoms with Crippen LogP contribution in [0.25, 0.3) is 0 Å². The fraction of sp³-hybridized carbons (Fsp3) is 0.435. The molecule has 3 nitrogen and oxygen atoms in total. The summed E-state index contributed by atoms with van der Waals surface area (Å²) in [4.78, 5) is 12.7. The van der Waals surface area contributed by atoms with Crippen molar-refractivity contribution < 1.29 is 9.53 Å². The molecule has 0 bridgehead atoms. The van der Waals surface area contributed by atoms with Gasteiger partial charge in [0.05, 0.1) is 6.04 Å². The van der Waals surface area contributed by atoms with Crippen LogP contribution in [0.2, 0.25) is 0 Å². The fourth-order valence-electron chi connectivity index (χ4n) is 2.97. The molecule has 0 saturated heterocycles. The molecule has 0 spiro atoms. The molecule has 1 amide bonds. The molecule has 2 aromatic carbocycles. The van der Waals surface area contributed by atoms with Gasteiger partial charge in [0.2, 0.25) is 0 Å². The zero-order valence-corrected chi connectivity index (χ0v) is 16.8. The number of carbonyl (C=O) groups is 1. The Labute approximate surface area is 157 Å². The molecule has 3 heteroatoms. The monoisotopic (exact) mass is 353 g/mol. The maximum absolute atomic E-state index is 12.7. The predicted molar refractivity (Wildman–Crippen MR) is 108 cm³/mol. The van der Waals surface area contributed by atoms with Crippen molar-refractivity contribution in [3.05, 3.63) is 64.7 Å². The third-order valence-electron chi connectivity index (χ3n) is 4.67. The maximum Gasteiger partial charge on any atom is 0.261 e. The molecule has 0 radical (unpaired) electrons. The summed E-state index contributed by atoms with van der Waals surface area (Å²) in [7, 11) is 0. The van der Waals surface area contributed by atoms with Gasteiger partial charge in [0.1, 0.15) is 5.75 Å². The molecular weight excluding hydrogens is 322 g/mol. The number of amides is 1. The molecule has 26 heavy (non-hydrogen) atoms. The number of benzene rings is 2. The van der Waals surface area contributed by atoms with E-state index in [4.69, 9.17) is 4.74 Å². The van der Waals surface area contributed by atoms with E-state index in [-0.39, 0.29) is 11.9 Å². The van der Waals surface area contributed by atoms with Gasteiger partial charge >= 0.3 is 0 Å². The van der Waals surface area contributed by atoms with E-state index in [9.17, 15) is 4.79 Å². The smallest absolute Gasteiger partial charge is 0.261 e. The third-order valence-corrected chi connectivity index (χ3v) is 4.67. The van der Waals surface area contributed by atoms with E-state index in [1.807, 2.05) is 19.9 Å². The van der Waals surface area contributed by atoms with E-state index in [1.54, 1.807) is 0 Å². The number of hydrogen-bond donors (Lipinski definition) is 1. The van der Waals surface area contributed by atoms with Gasteiger partial charge in [-0.15, -0.1) is 0 Å². The number of rotatable bonds is 7. The number of aryl methyl sites for hydroxylation is 2. The highest BCUT2D eigenvalue weighted by atomic mass is 16.5. The standard InChI is InChI=1S/C23H31NO2/c1-7-21(19-11-8-16(4)9-12-19)24-23(25)18(6)26-22-14-17(5)10-13-20(22)15(2)3/h8-15,18,21H,7H2,1-6H3,(H,24,25)/t18-,21-/m1/s1. The van der Waals surface area contributed by atoms with E-state index < -0.39 is 6.10 Å². The lowest BCUT2D eigenvalue weighted by molar-refractivity contribution is -0.128. The molecular formula is C23H31NO2. The Hall–Kier alpha value is -2.29. The second-order valence-corrected chi connectivity index (χ2v) is 7.34. The van der Waals surface area contributed by atoms with Crippen molar-refractivity contribution in [3.63, 3.8) is 0 Å². The zero-order chi connectivity index (χ0) is 19.3. The van der Waals surface area contributed by atoms with E-state index >= 15 is 0 Å². The molecule has 2 atom stereocenters. The van der Waals surface area contributed by atoms with Crippen LogP contribution in [0.3, 0.4) is 0 Å². The van der Waals surface area contributed by atoms with Crippen molar-refractivity contribution >= 4 is 5.91 Å². The minimum atomic E-state index is -0.547. The Balaban J connectivity index is 2.09. The van der Waals surface area contributed by atoms with Crippen LogP contribution in [0.1, 0.15) is 68.3 Å². The molecule has 0 unspecified atom stereocenters. The van der Waals surface area contributed by atoms with Crippen molar-refractivity contribution in [2.24, 2.45) is 0 Å². The summed E-state index contributed by atoms with van der Waals surface area (Å²) >= 11 is 0. The van der Waals surface area contributed by atoms with Crippen LogP contribution >= 0.6 is 0 Å². The van der Waals surface area contributed by atoms with Crippen LogP contribution in [0.15, 0.2) is 42.5 Å². The van der Waals surface area contributed by atoms with Crippen molar-refractivity contribution in [2.75, 3.05) is 0 Å². The SMILES string of the molecule is CC[C@@H](NC(=O)[C@@H](C)Oc1cc(C)ccc1C(C)C)c1ccc(C)cc1. The molecule has 1 N–H and O–H groups in total. The third kappa shape index (κ3) is 5.10. The van der Waals surface area contributed by atoms with E-state index in [2.05, 4.69) is 69.4 Å². The first-order valence-corrected chi connectivity index (χ1v) is 9.46. The van der Waals surface area contributed by atoms with Crippen LogP contribution in [-0.4, -0.2) is 12.0 Å². The molecule has 0 heterocycles. The number of hydrogen-bond acceptors (Lipinski definition) is 2. The van der Waals surface area contributed by atoms with Crippen LogP contribution in [0.4, 0.5) is 0 Å². The Morgan fingerprint density at radius 1 is 1.00 bits per heavy atom. The molecule has 0 saturated carbocycles. The quantitative estimate of drug-likeness (QED) is 0.717. The first kappa shape index (κ1) is 20.0. The average Bonchev–Trinajstić information content (AvgIpc) is 2.60. The molecule has 2 rings (SSSR count). The molecule has 140 valence electrons. The van der Waals surface area contributed by atoms with Crippen LogP contribution in [-0.2, 0) is 4.79 Å². The molecule has 0 aliphatic carbocycles. The molecule has 0 aliphatic rings. The van der Waals surface area contributed by atoms with Gasteiger partial charge in [-0.1, -0.05) is 62.7 Å². The summed E-state index contributed by atoms with van der Waals surface area (Å²) in [6, 6.07) is 14.5. The van der Waals surface area contributed by atoms with Gasteiger partial charge in [-0.25, -0.2) is 0 Å². The van der Waals surface area contributed by atoms with Crippen LogP contribution in [0, 0.1) is 13.8 Å². The van der Waals surface area contributed by atoms with Crippen molar-refractivity contribution in [2.45, 2.75) is 66.0 Å². The Kier molecular flexibility index (Phi) is 6.84. The second-order valence-electron chi connectivity index (χ2n) is 7.34. The summed E-state index contributed by atoms with van der Waals surface area (Å²) in [6.07, 6.45) is 0.289. The van der Waals surface area contributed by atoms with Gasteiger partial charge in [0.25, 0.3) is 5.91 Å². The van der Waals surface area contributed by atoms with Crippen molar-refractivity contribution in [1.29, 1.82) is 0 Å². The first-order chi connectivity index (χ1) is 12.3. The van der Waals surface area contributed by atoms with Gasteiger partial charge in [0.15, 0.2) is 6.10 Å². The largest absolute Gasteiger partial charge is 0.481 e. The summed E-state index contributed by atoms with van der Waals surface area (Å²) in [6.45, 7) is 12.2. The molecule has 0 aliphatic heterocycles. The summed E-state index contributed by atoms with van der Waals surface area (Å²) < 4.78 is 6.04. The lowest BCUT2D eigenvalue weighted by atomic mass is 10.0. The summed E-state index contributed by atoms with van der Waals surface area (Å²) in [5.41, 5.74) is 4.59. The number of ether oxygens (including phenoxy) is 1. The van der Waals surface area contributed by atoms with Crippen LogP contribution < -0.4 is 10.1 Å². The van der Waals surface area contributed by atoms with Gasteiger partial charge in [-0.05, 0) is 55.9 Å². The highest BCUT2D eigenvalue weighted by Crippen LogP contribution is 2.28. The van der Waals surface area contributed by atoms with Crippen molar-refractivity contribution in [3.8, 4) is 5.75 Å². The average molecular weight is 354 g/mol. The normalized spacial score (nSPS) is 13.3. The minimum absolute atomic E-state index is 0.00349. The summed E-state index contributed by atoms with van der Waals surface area (Å²) in [5.74, 6) is 1.05. The highest BCUT2D eigenvalue weighted by molar-refractivity contribution is 5.81. The first-order valence-electron chi connectivity index (χ1n) is 9.46. The lowest BCUT2D eigenvalue weighted by Gasteiger charge is -2.23. The topological polar surface area (TPSA) is 38.3 Å². The van der Waals surface area contributed by atoms with E-state index in [0.717, 1.165) is 28.9 Å². The predicted octanol–water partition coefficient (Wildman–Crippen LogP) is 5.46. The van der Waals surface area contributed by atoms with Crippen molar-refractivity contribution in [1.82, 2.24) is 5.32 Å². The molecule has 2 aromatic rings. The van der Waals surface area contributed by atoms with E-state index in [1.165, 1.54) is 5.56 Å². The highest BCUT2D eigenvalue weighted by Gasteiger charge is 2.21. The van der Waals surface area contributed by atoms with Gasteiger partial charge in [0, 0.05) is 0 Å². The van der Waals surface area contributed by atoms with Gasteiger partial charge in [-0.3, -0.25) is 4.79 Å². The Morgan fingerprint density at radius 3 is 2.19 bits per heavy atom. The lowest BCUT2D eigenvalue weighted by Crippen LogP contribution is -2.38. The Bertz CT molecular complexity index is 734. The summed E-state index contributed by atoms with van der Waals surface area (Å²) in [5, 5.41) is 3.12. The molecule has 0 aromatic heterocycles. The minimum Gasteiger partial charge on any atom is -0.481 e. The molecule has 0 fully saturated rings. The maximum atomic E-state index is 12.7. The number of carbonyl (C=O) groups excluding carboxylic acids is 1. The second kappa shape index (κ2) is 8.88.